The molecule has 1 fully saturated rings. The number of nitrogens with zero attached hydrogens (tertiary/aromatic N) is 4. The first-order valence-corrected chi connectivity index (χ1v) is 6.07. The highest BCUT2D eigenvalue weighted by molar-refractivity contribution is 6.30. The van der Waals surface area contributed by atoms with Crippen LogP contribution in [-0.4, -0.2) is 51.5 Å². The van der Waals surface area contributed by atoms with Gasteiger partial charge in [0.25, 0.3) is 11.8 Å². The van der Waals surface area contributed by atoms with Crippen LogP contribution in [0.25, 0.3) is 6.08 Å². The zero-order valence-electron chi connectivity index (χ0n) is 12.1. The Kier molecular flexibility index (Phi) is 3.21. The van der Waals surface area contributed by atoms with Gasteiger partial charge in [0.2, 0.25) is 0 Å². The van der Waals surface area contributed by atoms with Gasteiger partial charge in [0.1, 0.15) is 5.57 Å². The van der Waals surface area contributed by atoms with Crippen LogP contribution in [0.5, 0.6) is 0 Å². The van der Waals surface area contributed by atoms with Crippen molar-refractivity contribution in [2.75, 3.05) is 14.1 Å². The molecule has 0 bridgehead atoms. The lowest BCUT2D eigenvalue weighted by Crippen LogP contribution is -2.52. The highest BCUT2D eigenvalue weighted by Gasteiger charge is 2.38. The topological polar surface area (TPSA) is 75.5 Å². The van der Waals surface area contributed by atoms with E-state index < -0.39 is 17.8 Å². The van der Waals surface area contributed by atoms with E-state index in [1.54, 1.807) is 18.7 Å². The van der Waals surface area contributed by atoms with Crippen LogP contribution in [0.1, 0.15) is 17.0 Å². The fraction of sp³-hybridized carbons (Fsp3) is 0.385. The number of barbiturate groups is 1. The summed E-state index contributed by atoms with van der Waals surface area (Å²) in [6.07, 6.45) is 1.50. The van der Waals surface area contributed by atoms with E-state index in [0.717, 1.165) is 26.8 Å². The number of carbonyl (C=O) groups is 3. The Bertz CT molecular complexity index is 631. The number of hydrogen-bond donors (Lipinski definition) is 0. The highest BCUT2D eigenvalue weighted by atomic mass is 16.2. The molecule has 1 aromatic rings. The number of hydrogen-bond acceptors (Lipinski definition) is 4. The van der Waals surface area contributed by atoms with Gasteiger partial charge >= 0.3 is 6.03 Å². The molecule has 2 heterocycles. The number of urea groups is 1. The predicted octanol–water partition coefficient (Wildman–Crippen LogP) is 0.471. The summed E-state index contributed by atoms with van der Waals surface area (Å²) in [5.74, 6) is -1.19. The van der Waals surface area contributed by atoms with Gasteiger partial charge in [-0.15, -0.1) is 0 Å². The second kappa shape index (κ2) is 4.59. The maximum atomic E-state index is 12.1. The van der Waals surface area contributed by atoms with Crippen molar-refractivity contribution in [1.29, 1.82) is 0 Å². The largest absolute Gasteiger partial charge is 0.333 e. The second-order valence-corrected chi connectivity index (χ2v) is 4.78. The average Bonchev–Trinajstić information content (AvgIpc) is 2.65. The summed E-state index contributed by atoms with van der Waals surface area (Å²) in [6.45, 7) is 3.65. The maximum absolute atomic E-state index is 12.1. The van der Waals surface area contributed by atoms with E-state index in [4.69, 9.17) is 0 Å². The van der Waals surface area contributed by atoms with E-state index in [-0.39, 0.29) is 5.57 Å². The number of amides is 4. The first-order chi connectivity index (χ1) is 9.25. The quantitative estimate of drug-likeness (QED) is 0.552. The lowest BCUT2D eigenvalue weighted by atomic mass is 10.1. The molecule has 1 aliphatic rings. The number of rotatable bonds is 1. The molecule has 7 heteroatoms. The van der Waals surface area contributed by atoms with Crippen molar-refractivity contribution in [3.05, 3.63) is 22.5 Å². The van der Waals surface area contributed by atoms with Crippen molar-refractivity contribution in [1.82, 2.24) is 19.6 Å². The van der Waals surface area contributed by atoms with E-state index in [2.05, 4.69) is 5.10 Å². The number of aryl methyl sites for hydroxylation is 2. The summed E-state index contributed by atoms with van der Waals surface area (Å²) in [5.41, 5.74) is 2.26. The monoisotopic (exact) mass is 276 g/mol. The van der Waals surface area contributed by atoms with E-state index >= 15 is 0 Å². The zero-order valence-corrected chi connectivity index (χ0v) is 12.1. The molecule has 0 saturated carbocycles. The molecule has 0 aliphatic carbocycles. The van der Waals surface area contributed by atoms with Crippen molar-refractivity contribution in [3.63, 3.8) is 0 Å². The van der Waals surface area contributed by atoms with Gasteiger partial charge < -0.3 is 0 Å². The summed E-state index contributed by atoms with van der Waals surface area (Å²) >= 11 is 0. The lowest BCUT2D eigenvalue weighted by molar-refractivity contribution is -0.134. The minimum atomic E-state index is -0.628. The second-order valence-electron chi connectivity index (χ2n) is 4.78. The fourth-order valence-corrected chi connectivity index (χ4v) is 2.12. The molecule has 1 aliphatic heterocycles. The molecule has 1 saturated heterocycles. The molecule has 0 unspecified atom stereocenters. The molecule has 7 nitrogen and oxygen atoms in total. The lowest BCUT2D eigenvalue weighted by Gasteiger charge is -2.28. The maximum Gasteiger partial charge on any atom is 0.333 e. The van der Waals surface area contributed by atoms with Crippen LogP contribution in [0.15, 0.2) is 5.57 Å². The van der Waals surface area contributed by atoms with E-state index in [9.17, 15) is 14.4 Å². The smallest absolute Gasteiger partial charge is 0.272 e. The summed E-state index contributed by atoms with van der Waals surface area (Å²) < 4.78 is 1.68. The Morgan fingerprint density at radius 3 is 1.85 bits per heavy atom. The SMILES string of the molecule is Cc1nn(C)c(C)c1C=C1C(=O)N(C)C(=O)N(C)C1=O. The molecular formula is C13H16N4O3. The summed E-state index contributed by atoms with van der Waals surface area (Å²) in [4.78, 5) is 37.7. The minimum Gasteiger partial charge on any atom is -0.272 e. The molecule has 2 rings (SSSR count). The summed E-state index contributed by atoms with van der Waals surface area (Å²) in [6, 6.07) is -0.628. The molecule has 4 amide bonds. The van der Waals surface area contributed by atoms with Crippen LogP contribution in [0.4, 0.5) is 4.79 Å². The number of imide groups is 2. The molecule has 0 N–H and O–H groups in total. The first-order valence-electron chi connectivity index (χ1n) is 6.07. The molecule has 106 valence electrons. The minimum absolute atomic E-state index is 0.0335. The highest BCUT2D eigenvalue weighted by Crippen LogP contribution is 2.21. The average molecular weight is 276 g/mol. The third kappa shape index (κ3) is 1.91. The first kappa shape index (κ1) is 14.0. The van der Waals surface area contributed by atoms with Gasteiger partial charge in [-0.1, -0.05) is 0 Å². The van der Waals surface area contributed by atoms with Gasteiger partial charge in [-0.2, -0.15) is 5.10 Å². The van der Waals surface area contributed by atoms with E-state index in [1.807, 2.05) is 6.92 Å². The normalized spacial score (nSPS) is 16.2. The van der Waals surface area contributed by atoms with Gasteiger partial charge in [-0.25, -0.2) is 4.79 Å². The Morgan fingerprint density at radius 1 is 0.950 bits per heavy atom. The van der Waals surface area contributed by atoms with Crippen LogP contribution in [-0.2, 0) is 16.6 Å². The van der Waals surface area contributed by atoms with Crippen LogP contribution >= 0.6 is 0 Å². The van der Waals surface area contributed by atoms with Crippen molar-refractivity contribution >= 4 is 23.9 Å². The van der Waals surface area contributed by atoms with Crippen molar-refractivity contribution in [2.45, 2.75) is 13.8 Å². The van der Waals surface area contributed by atoms with Crippen molar-refractivity contribution in [2.24, 2.45) is 7.05 Å². The van der Waals surface area contributed by atoms with Gasteiger partial charge in [-0.05, 0) is 19.9 Å². The molecule has 0 radical (unpaired) electrons. The van der Waals surface area contributed by atoms with Gasteiger partial charge in [0.15, 0.2) is 0 Å². The number of aromatic nitrogens is 2. The number of carbonyl (C=O) groups excluding carboxylic acids is 3. The Hall–Kier alpha value is -2.44. The summed E-state index contributed by atoms with van der Waals surface area (Å²) in [5, 5.41) is 4.23. The van der Waals surface area contributed by atoms with Crippen molar-refractivity contribution in [3.8, 4) is 0 Å². The standard InChI is InChI=1S/C13H16N4O3/c1-7-9(8(2)17(5)14-7)6-10-11(18)15(3)13(20)16(4)12(10)19/h6H,1-5H3. The zero-order chi connectivity index (χ0) is 15.2. The molecule has 0 atom stereocenters. The van der Waals surface area contributed by atoms with Crippen LogP contribution in [0.3, 0.4) is 0 Å². The molecule has 0 aromatic carbocycles. The molecule has 1 aromatic heterocycles. The number of likely N-dealkylation sites (N-methyl/N-ethyl adjacent to an activating group) is 2. The third-order valence-electron chi connectivity index (χ3n) is 3.50. The van der Waals surface area contributed by atoms with E-state index in [1.165, 1.54) is 20.2 Å². The van der Waals surface area contributed by atoms with Crippen molar-refractivity contribution < 1.29 is 14.4 Å². The van der Waals surface area contributed by atoms with E-state index in [0.29, 0.717) is 0 Å². The molecule has 0 spiro atoms. The summed E-state index contributed by atoms with van der Waals surface area (Å²) in [7, 11) is 4.49. The Morgan fingerprint density at radius 2 is 1.45 bits per heavy atom. The van der Waals surface area contributed by atoms with Crippen LogP contribution in [0, 0.1) is 13.8 Å². The predicted molar refractivity (Wildman–Crippen MR) is 71.6 cm³/mol. The molecule has 20 heavy (non-hydrogen) atoms. The van der Waals surface area contributed by atoms with Gasteiger partial charge in [0.05, 0.1) is 5.69 Å². The Labute approximate surface area is 116 Å². The Balaban J connectivity index is 2.55. The fourth-order valence-electron chi connectivity index (χ4n) is 2.12. The van der Waals surface area contributed by atoms with Crippen LogP contribution in [0.2, 0.25) is 0 Å². The van der Waals surface area contributed by atoms with Gasteiger partial charge in [-0.3, -0.25) is 24.1 Å². The molecular weight excluding hydrogens is 260 g/mol. The van der Waals surface area contributed by atoms with Gasteiger partial charge in [0, 0.05) is 32.4 Å². The van der Waals surface area contributed by atoms with Crippen LogP contribution < -0.4 is 0 Å². The third-order valence-corrected chi connectivity index (χ3v) is 3.50.